The van der Waals surface area contributed by atoms with Gasteiger partial charge in [0.2, 0.25) is 0 Å². The molecule has 0 aliphatic carbocycles. The van der Waals surface area contributed by atoms with E-state index in [0.717, 1.165) is 0 Å². The number of nitrogens with one attached hydrogen (secondary N) is 3. The van der Waals surface area contributed by atoms with Crippen LogP contribution in [0, 0.1) is 5.21 Å². The van der Waals surface area contributed by atoms with Crippen molar-refractivity contribution in [2.24, 2.45) is 0 Å². The summed E-state index contributed by atoms with van der Waals surface area (Å²) in [5.41, 5.74) is 0. The minimum Gasteiger partial charge on any atom is -0.548 e. The van der Waals surface area contributed by atoms with Gasteiger partial charge < -0.3 is 11.0 Å². The standard InChI is InChI=1S/C5H14N4O2/c1-4-5-8(6)9(10)11-7(2)3/h4-6,8-9H,1-3H3/b5-4-. The van der Waals surface area contributed by atoms with Crippen LogP contribution < -0.4 is 10.5 Å². The van der Waals surface area contributed by atoms with E-state index >= 15 is 0 Å². The molecule has 0 saturated heterocycles. The summed E-state index contributed by atoms with van der Waals surface area (Å²) in [4.78, 5) is 4.58. The fourth-order valence-electron chi connectivity index (χ4n) is 0.450. The van der Waals surface area contributed by atoms with Crippen molar-refractivity contribution in [1.29, 1.82) is 0 Å². The third kappa shape index (κ3) is 4.85. The van der Waals surface area contributed by atoms with Gasteiger partial charge >= 0.3 is 0 Å². The van der Waals surface area contributed by atoms with E-state index in [1.807, 2.05) is 0 Å². The Bertz CT molecular complexity index is 128. The maximum atomic E-state index is 10.8. The van der Waals surface area contributed by atoms with Gasteiger partial charge in [-0.15, -0.1) is 5.06 Å². The molecule has 0 heterocycles. The maximum Gasteiger partial charge on any atom is 0.131 e. The Morgan fingerprint density at radius 3 is 2.45 bits per heavy atom. The first-order chi connectivity index (χ1) is 5.07. The SMILES string of the molecule is C/C=C\[NH+]([NH-])[NH+]([O-])ON(C)C. The molecule has 0 aromatic carbocycles. The molecule has 0 aromatic rings. The highest BCUT2D eigenvalue weighted by Gasteiger charge is 2.02. The van der Waals surface area contributed by atoms with E-state index in [1.165, 1.54) is 11.3 Å². The summed E-state index contributed by atoms with van der Waals surface area (Å²) in [7, 11) is 3.17. The Kier molecular flexibility index (Phi) is 4.95. The average molecular weight is 162 g/mol. The lowest BCUT2D eigenvalue weighted by molar-refractivity contribution is -1.53. The van der Waals surface area contributed by atoms with Crippen LogP contribution in [0.25, 0.3) is 5.84 Å². The highest BCUT2D eigenvalue weighted by atomic mass is 17.0. The van der Waals surface area contributed by atoms with Crippen molar-refractivity contribution in [2.75, 3.05) is 14.1 Å². The van der Waals surface area contributed by atoms with Crippen LogP contribution in [-0.2, 0) is 4.94 Å². The largest absolute Gasteiger partial charge is 0.548 e. The van der Waals surface area contributed by atoms with E-state index in [9.17, 15) is 5.21 Å². The number of rotatable bonds is 4. The smallest absolute Gasteiger partial charge is 0.131 e. The number of quaternary nitrogens is 2. The summed E-state index contributed by atoms with van der Waals surface area (Å²) in [6.45, 7) is 1.73. The van der Waals surface area contributed by atoms with E-state index in [2.05, 4.69) is 4.94 Å². The van der Waals surface area contributed by atoms with Crippen LogP contribution in [0.5, 0.6) is 0 Å². The highest BCUT2D eigenvalue weighted by Crippen LogP contribution is 1.61. The Morgan fingerprint density at radius 1 is 1.55 bits per heavy atom. The van der Waals surface area contributed by atoms with Crippen molar-refractivity contribution in [1.82, 2.24) is 5.06 Å². The molecule has 6 nitrogen and oxygen atoms in total. The molecule has 0 saturated carbocycles. The summed E-state index contributed by atoms with van der Waals surface area (Å²) < 4.78 is 0. The van der Waals surface area contributed by atoms with Crippen LogP contribution in [0.15, 0.2) is 12.3 Å². The van der Waals surface area contributed by atoms with Crippen LogP contribution in [-0.4, -0.2) is 19.2 Å². The molecule has 0 fully saturated rings. The van der Waals surface area contributed by atoms with Gasteiger partial charge in [0.05, 0.1) is 0 Å². The van der Waals surface area contributed by atoms with Crippen LogP contribution >= 0.6 is 0 Å². The molecule has 2 unspecified atom stereocenters. The molecule has 6 heteroatoms. The van der Waals surface area contributed by atoms with Gasteiger partial charge in [-0.05, 0) is 13.0 Å². The van der Waals surface area contributed by atoms with E-state index in [-0.39, 0.29) is 5.12 Å². The second-order valence-corrected chi connectivity index (χ2v) is 2.10. The molecule has 3 N–H and O–H groups in total. The molecule has 0 radical (unpaired) electrons. The lowest BCUT2D eigenvalue weighted by atomic mass is 10.7. The highest BCUT2D eigenvalue weighted by molar-refractivity contribution is 4.61. The molecule has 0 aliphatic rings. The Labute approximate surface area is 65.8 Å². The maximum absolute atomic E-state index is 10.8. The van der Waals surface area contributed by atoms with Gasteiger partial charge in [-0.3, -0.25) is 0 Å². The summed E-state index contributed by atoms with van der Waals surface area (Å²) in [5.74, 6) is 7.10. The Morgan fingerprint density at radius 2 is 2.09 bits per heavy atom. The van der Waals surface area contributed by atoms with Crippen molar-refractivity contribution in [3.05, 3.63) is 23.3 Å². The van der Waals surface area contributed by atoms with Crippen molar-refractivity contribution in [3.63, 3.8) is 0 Å². The first-order valence-electron chi connectivity index (χ1n) is 3.18. The minimum absolute atomic E-state index is 0.152. The van der Waals surface area contributed by atoms with Crippen LogP contribution in [0.1, 0.15) is 6.92 Å². The van der Waals surface area contributed by atoms with Gasteiger partial charge in [0.25, 0.3) is 0 Å². The first-order valence-corrected chi connectivity index (χ1v) is 3.18. The lowest BCUT2D eigenvalue weighted by Gasteiger charge is -2.27. The predicted molar refractivity (Wildman–Crippen MR) is 39.2 cm³/mol. The summed E-state index contributed by atoms with van der Waals surface area (Å²) in [6, 6.07) is 0. The van der Waals surface area contributed by atoms with Crippen molar-refractivity contribution < 1.29 is 15.4 Å². The van der Waals surface area contributed by atoms with Gasteiger partial charge in [-0.2, -0.15) is 5.12 Å². The fourth-order valence-corrected chi connectivity index (χ4v) is 0.450. The summed E-state index contributed by atoms with van der Waals surface area (Å²) >= 11 is 0. The molecule has 2 atom stereocenters. The third-order valence-electron chi connectivity index (χ3n) is 0.819. The van der Waals surface area contributed by atoms with Crippen molar-refractivity contribution in [3.8, 4) is 0 Å². The molecule has 0 aliphatic heterocycles. The zero-order valence-corrected chi connectivity index (χ0v) is 6.92. The monoisotopic (exact) mass is 162 g/mol. The number of hydrogen-bond acceptors (Lipinski definition) is 3. The average Bonchev–Trinajstić information content (AvgIpc) is 1.86. The van der Waals surface area contributed by atoms with Crippen molar-refractivity contribution >= 4 is 0 Å². The third-order valence-corrected chi connectivity index (χ3v) is 0.819. The Hall–Kier alpha value is -0.500. The second-order valence-electron chi connectivity index (χ2n) is 2.10. The number of nitrogens with zero attached hydrogens (tertiary/aromatic N) is 1. The summed E-state index contributed by atoms with van der Waals surface area (Å²) in [5, 5.41) is 11.3. The normalized spacial score (nSPS) is 17.6. The van der Waals surface area contributed by atoms with E-state index in [4.69, 9.17) is 5.84 Å². The zero-order valence-electron chi connectivity index (χ0n) is 6.92. The fraction of sp³-hybridized carbons (Fsp3) is 0.600. The molecule has 0 amide bonds. The molecule has 0 spiro atoms. The molecular formula is C5H14N4O2. The predicted octanol–water partition coefficient (Wildman–Crippen LogP) is -1.92. The van der Waals surface area contributed by atoms with Crippen LogP contribution in [0.4, 0.5) is 0 Å². The second kappa shape index (κ2) is 5.19. The molecular weight excluding hydrogens is 148 g/mol. The van der Waals surface area contributed by atoms with Gasteiger partial charge in [0, 0.05) is 14.1 Å². The van der Waals surface area contributed by atoms with Crippen LogP contribution in [0.2, 0.25) is 0 Å². The first kappa shape index (κ1) is 10.5. The van der Waals surface area contributed by atoms with Gasteiger partial charge in [-0.25, -0.2) is 0 Å². The van der Waals surface area contributed by atoms with Crippen LogP contribution in [0.3, 0.4) is 0 Å². The van der Waals surface area contributed by atoms with E-state index < -0.39 is 5.34 Å². The molecule has 0 aromatic heterocycles. The number of hydrogen-bond donors (Lipinski definition) is 2. The molecule has 66 valence electrons. The molecule has 0 rings (SSSR count). The van der Waals surface area contributed by atoms with Gasteiger partial charge in [-0.1, -0.05) is 10.3 Å². The molecule has 11 heavy (non-hydrogen) atoms. The molecule has 0 bridgehead atoms. The van der Waals surface area contributed by atoms with E-state index in [0.29, 0.717) is 0 Å². The summed E-state index contributed by atoms with van der Waals surface area (Å²) in [6.07, 6.45) is 2.99. The topological polar surface area (TPSA) is 68.2 Å². The van der Waals surface area contributed by atoms with Gasteiger partial charge in [0.15, 0.2) is 0 Å². The lowest BCUT2D eigenvalue weighted by Crippen LogP contribution is -3.53. The van der Waals surface area contributed by atoms with Gasteiger partial charge in [0.1, 0.15) is 6.20 Å². The minimum atomic E-state index is -0.645. The van der Waals surface area contributed by atoms with Crippen molar-refractivity contribution in [2.45, 2.75) is 6.92 Å². The Balaban J connectivity index is 3.72. The number of hydroxylamine groups is 2. The zero-order chi connectivity index (χ0) is 8.85. The van der Waals surface area contributed by atoms with E-state index in [1.54, 1.807) is 27.1 Å². The quantitative estimate of drug-likeness (QED) is 0.473. The number of allylic oxidation sites excluding steroid dienone is 1.